The number of thiophene rings is 1. The van der Waals surface area contributed by atoms with Crippen LogP contribution in [0.4, 0.5) is 0 Å². The molecule has 0 N–H and O–H groups in total. The average molecular weight is 602 g/mol. The van der Waals surface area contributed by atoms with E-state index in [1.54, 1.807) is 15.3 Å². The summed E-state index contributed by atoms with van der Waals surface area (Å²) in [6.07, 6.45) is 16.2. The summed E-state index contributed by atoms with van der Waals surface area (Å²) in [5.74, 6) is 0. The first-order chi connectivity index (χ1) is 20.9. The predicted octanol–water partition coefficient (Wildman–Crippen LogP) is 11.0. The Bertz CT molecular complexity index is 1710. The van der Waals surface area contributed by atoms with Crippen molar-refractivity contribution in [2.24, 2.45) is 0 Å². The van der Waals surface area contributed by atoms with Gasteiger partial charge >= 0.3 is 0 Å². The largest absolute Gasteiger partial charge is 0.255 e. The molecule has 0 radical (unpaired) electrons. The first-order valence-corrected chi connectivity index (χ1v) is 19.8. The van der Waals surface area contributed by atoms with Gasteiger partial charge in [-0.05, 0) is 68.9 Å². The van der Waals surface area contributed by atoms with Crippen LogP contribution >= 0.6 is 11.3 Å². The van der Waals surface area contributed by atoms with Crippen LogP contribution in [-0.2, 0) is 5.41 Å². The Kier molecular flexibility index (Phi) is 7.84. The molecule has 3 heteroatoms. The fourth-order valence-corrected chi connectivity index (χ4v) is 19.1. The van der Waals surface area contributed by atoms with E-state index in [4.69, 9.17) is 4.98 Å². The van der Waals surface area contributed by atoms with Crippen molar-refractivity contribution in [1.82, 2.24) is 4.98 Å². The molecule has 0 bridgehead atoms. The summed E-state index contributed by atoms with van der Waals surface area (Å²) in [5.41, 5.74) is 7.14. The van der Waals surface area contributed by atoms with Crippen LogP contribution in [0.1, 0.15) is 96.1 Å². The van der Waals surface area contributed by atoms with Crippen LogP contribution in [0, 0.1) is 6.92 Å². The Morgan fingerprint density at radius 3 is 2.00 bits per heavy atom. The van der Waals surface area contributed by atoms with Crippen LogP contribution in [0.2, 0.25) is 11.1 Å². The Hall–Kier alpha value is -2.75. The normalized spacial score (nSPS) is 17.6. The lowest BCUT2D eigenvalue weighted by Crippen LogP contribution is -2.65. The van der Waals surface area contributed by atoms with E-state index >= 15 is 0 Å². The van der Waals surface area contributed by atoms with Gasteiger partial charge in [0, 0.05) is 16.3 Å². The fraction of sp³-hybridized carbons (Fsp3) is 0.425. The van der Waals surface area contributed by atoms with Gasteiger partial charge < -0.3 is 0 Å². The van der Waals surface area contributed by atoms with Gasteiger partial charge in [0.15, 0.2) is 0 Å². The molecule has 2 heterocycles. The molecule has 2 aromatic heterocycles. The maximum absolute atomic E-state index is 5.17. The minimum Gasteiger partial charge on any atom is -0.255 e. The molecule has 1 nitrogen and oxygen atoms in total. The number of hydrogen-bond donors (Lipinski definition) is 0. The molecule has 0 aliphatic heterocycles. The zero-order chi connectivity index (χ0) is 29.6. The number of nitrogens with zero attached hydrogens (tertiary/aromatic N) is 1. The summed E-state index contributed by atoms with van der Waals surface area (Å²) < 4.78 is 3.18. The third kappa shape index (κ3) is 5.01. The van der Waals surface area contributed by atoms with Crippen LogP contribution in [0.5, 0.6) is 0 Å². The van der Waals surface area contributed by atoms with E-state index < -0.39 is 8.07 Å². The van der Waals surface area contributed by atoms with Crippen LogP contribution < -0.4 is 9.69 Å². The SMILES string of the molecule is Cc1c([Si](c2ccccc2)(C2CCCCC2)C2CCCCC2)sc2c(-c3cc(C(C)(C)C)c4ccccc4c3)nccc12. The maximum Gasteiger partial charge on any atom is 0.137 e. The third-order valence-electron chi connectivity index (χ3n) is 10.9. The lowest BCUT2D eigenvalue weighted by Gasteiger charge is -2.48. The van der Waals surface area contributed by atoms with E-state index in [-0.39, 0.29) is 5.41 Å². The van der Waals surface area contributed by atoms with Gasteiger partial charge in [0.2, 0.25) is 0 Å². The molecule has 2 saturated carbocycles. The molecule has 222 valence electrons. The quantitative estimate of drug-likeness (QED) is 0.183. The Morgan fingerprint density at radius 1 is 0.721 bits per heavy atom. The van der Waals surface area contributed by atoms with Crippen LogP contribution in [-0.4, -0.2) is 13.1 Å². The number of pyridine rings is 1. The predicted molar refractivity (Wildman–Crippen MR) is 191 cm³/mol. The van der Waals surface area contributed by atoms with Gasteiger partial charge in [-0.15, -0.1) is 11.3 Å². The Morgan fingerprint density at radius 2 is 1.35 bits per heavy atom. The summed E-state index contributed by atoms with van der Waals surface area (Å²) in [5, 5.41) is 5.82. The highest BCUT2D eigenvalue weighted by molar-refractivity contribution is 7.35. The van der Waals surface area contributed by atoms with Crippen molar-refractivity contribution in [3.05, 3.63) is 90.1 Å². The van der Waals surface area contributed by atoms with Crippen molar-refractivity contribution in [2.45, 2.75) is 108 Å². The van der Waals surface area contributed by atoms with Gasteiger partial charge in [0.25, 0.3) is 0 Å². The summed E-state index contributed by atoms with van der Waals surface area (Å²) >= 11 is 2.15. The van der Waals surface area contributed by atoms with E-state index in [0.717, 1.165) is 11.1 Å². The maximum atomic E-state index is 5.17. The van der Waals surface area contributed by atoms with Crippen molar-refractivity contribution in [3.63, 3.8) is 0 Å². The van der Waals surface area contributed by atoms with Crippen molar-refractivity contribution in [2.75, 3.05) is 0 Å². The lowest BCUT2D eigenvalue weighted by molar-refractivity contribution is 0.459. The van der Waals surface area contributed by atoms with E-state index in [9.17, 15) is 0 Å². The van der Waals surface area contributed by atoms with Gasteiger partial charge in [0.05, 0.1) is 10.4 Å². The number of rotatable bonds is 5. The number of hydrogen-bond acceptors (Lipinski definition) is 2. The number of aryl methyl sites for hydroxylation is 1. The van der Waals surface area contributed by atoms with Gasteiger partial charge in [-0.25, -0.2) is 0 Å². The smallest absolute Gasteiger partial charge is 0.137 e. The highest BCUT2D eigenvalue weighted by Gasteiger charge is 2.52. The van der Waals surface area contributed by atoms with Gasteiger partial charge in [-0.1, -0.05) is 145 Å². The molecule has 7 rings (SSSR count). The molecule has 5 aromatic rings. The van der Waals surface area contributed by atoms with Gasteiger partial charge in [0.1, 0.15) is 8.07 Å². The molecule has 2 fully saturated rings. The number of aromatic nitrogens is 1. The molecule has 0 atom stereocenters. The minimum atomic E-state index is -2.09. The van der Waals surface area contributed by atoms with Crippen LogP contribution in [0.3, 0.4) is 0 Å². The highest BCUT2D eigenvalue weighted by atomic mass is 32.1. The summed E-state index contributed by atoms with van der Waals surface area (Å²) in [6, 6.07) is 28.1. The topological polar surface area (TPSA) is 12.9 Å². The lowest BCUT2D eigenvalue weighted by atomic mass is 9.82. The van der Waals surface area contributed by atoms with Crippen molar-refractivity contribution in [1.29, 1.82) is 0 Å². The summed E-state index contributed by atoms with van der Waals surface area (Å²) in [7, 11) is -2.09. The third-order valence-corrected chi connectivity index (χ3v) is 19.5. The molecule has 0 unspecified atom stereocenters. The molecule has 2 aliphatic rings. The average Bonchev–Trinajstić information content (AvgIpc) is 3.38. The van der Waals surface area contributed by atoms with Crippen molar-refractivity contribution in [3.8, 4) is 11.3 Å². The van der Waals surface area contributed by atoms with E-state index in [1.807, 2.05) is 0 Å². The second kappa shape index (κ2) is 11.6. The molecular formula is C40H47NSSi. The molecule has 0 amide bonds. The second-order valence-electron chi connectivity index (χ2n) is 14.5. The van der Waals surface area contributed by atoms with Crippen molar-refractivity contribution < 1.29 is 0 Å². The van der Waals surface area contributed by atoms with E-state index in [1.165, 1.54) is 102 Å². The minimum absolute atomic E-state index is 0.0530. The number of benzene rings is 3. The van der Waals surface area contributed by atoms with E-state index in [0.29, 0.717) is 0 Å². The zero-order valence-electron chi connectivity index (χ0n) is 26.6. The first-order valence-electron chi connectivity index (χ1n) is 16.9. The fourth-order valence-electron chi connectivity index (χ4n) is 8.95. The summed E-state index contributed by atoms with van der Waals surface area (Å²) in [6.45, 7) is 9.49. The van der Waals surface area contributed by atoms with Crippen LogP contribution in [0.15, 0.2) is 79.0 Å². The van der Waals surface area contributed by atoms with Crippen LogP contribution in [0.25, 0.3) is 32.1 Å². The highest BCUT2D eigenvalue weighted by Crippen LogP contribution is 2.50. The first kappa shape index (κ1) is 29.0. The number of fused-ring (bicyclic) bond motifs is 2. The Balaban J connectivity index is 1.50. The van der Waals surface area contributed by atoms with Gasteiger partial charge in [-0.3, -0.25) is 4.98 Å². The molecule has 0 spiro atoms. The summed E-state index contributed by atoms with van der Waals surface area (Å²) in [4.78, 5) is 5.17. The molecular weight excluding hydrogens is 555 g/mol. The second-order valence-corrected chi connectivity index (χ2v) is 20.3. The van der Waals surface area contributed by atoms with E-state index in [2.05, 4.69) is 118 Å². The standard InChI is InChI=1S/C40H47NSSi/c1-28-34-24-25-41-37(30-26-29-16-14-15-23-35(29)36(27-30)40(2,3)4)38(34)42-39(28)43(31-17-8-5-9-18-31,32-19-10-6-11-20-32)33-21-12-7-13-22-33/h5,8-9,14-18,23-27,32-33H,6-7,10-13,19-22H2,1-4H3. The molecule has 2 aliphatic carbocycles. The molecule has 43 heavy (non-hydrogen) atoms. The molecule has 0 saturated heterocycles. The Labute approximate surface area is 263 Å². The van der Waals surface area contributed by atoms with Gasteiger partial charge in [-0.2, -0.15) is 0 Å². The monoisotopic (exact) mass is 601 g/mol. The molecule has 3 aromatic carbocycles. The zero-order valence-corrected chi connectivity index (χ0v) is 28.4. The van der Waals surface area contributed by atoms with Crippen molar-refractivity contribution >= 4 is 50.0 Å².